The maximum Gasteiger partial charge on any atom is 0.262 e. The molecule has 1 N–H and O–H groups in total. The molecule has 1 heterocycles. The fourth-order valence-corrected chi connectivity index (χ4v) is 3.73. The number of thioether (sulfide) groups is 1. The number of hydrogen-bond donors (Lipinski definition) is 1. The largest absolute Gasteiger partial charge is 0.325 e. The van der Waals surface area contributed by atoms with Gasteiger partial charge in [0, 0.05) is 17.8 Å². The van der Waals surface area contributed by atoms with Crippen LogP contribution in [0.3, 0.4) is 0 Å². The molecule has 0 saturated heterocycles. The lowest BCUT2D eigenvalue weighted by Crippen LogP contribution is -2.26. The summed E-state index contributed by atoms with van der Waals surface area (Å²) in [6.07, 6.45) is 0. The summed E-state index contributed by atoms with van der Waals surface area (Å²) in [5.74, 6) is -0.229. The third-order valence-corrected chi connectivity index (χ3v) is 5.44. The van der Waals surface area contributed by atoms with E-state index in [2.05, 4.69) is 10.3 Å². The molecule has 0 unspecified atom stereocenters. The van der Waals surface area contributed by atoms with E-state index in [9.17, 15) is 14.4 Å². The van der Waals surface area contributed by atoms with E-state index in [1.807, 2.05) is 19.1 Å². The number of para-hydroxylation sites is 1. The van der Waals surface area contributed by atoms with Crippen molar-refractivity contribution < 1.29 is 9.59 Å². The van der Waals surface area contributed by atoms with Crippen molar-refractivity contribution in [3.8, 4) is 0 Å². The first-order chi connectivity index (χ1) is 13.4. The number of fused-ring (bicyclic) bond motifs is 1. The quantitative estimate of drug-likeness (QED) is 0.391. The fourth-order valence-electron chi connectivity index (χ4n) is 2.76. The van der Waals surface area contributed by atoms with Crippen LogP contribution in [0.5, 0.6) is 0 Å². The van der Waals surface area contributed by atoms with Gasteiger partial charge in [-0.05, 0) is 57.2 Å². The van der Waals surface area contributed by atoms with Crippen molar-refractivity contribution in [1.29, 1.82) is 0 Å². The molecular weight excluding hydrogens is 374 g/mol. The second kappa shape index (κ2) is 8.39. The van der Waals surface area contributed by atoms with E-state index in [0.29, 0.717) is 33.9 Å². The number of benzene rings is 2. The second-order valence-electron chi connectivity index (χ2n) is 6.34. The van der Waals surface area contributed by atoms with Gasteiger partial charge in [-0.3, -0.25) is 19.0 Å². The zero-order valence-electron chi connectivity index (χ0n) is 15.9. The lowest BCUT2D eigenvalue weighted by Gasteiger charge is -2.15. The SMILES string of the molecule is CCn1c(S[C@H](C)C(=O)Nc2ccc(C(C)=O)cc2)nc2ccccc2c1=O. The van der Waals surface area contributed by atoms with Crippen molar-refractivity contribution in [3.05, 3.63) is 64.4 Å². The highest BCUT2D eigenvalue weighted by Gasteiger charge is 2.19. The summed E-state index contributed by atoms with van der Waals surface area (Å²) in [6, 6.07) is 13.9. The first kappa shape index (κ1) is 19.8. The molecule has 1 aromatic heterocycles. The number of hydrogen-bond acceptors (Lipinski definition) is 5. The van der Waals surface area contributed by atoms with Crippen molar-refractivity contribution in [2.45, 2.75) is 37.7 Å². The molecule has 0 aliphatic carbocycles. The van der Waals surface area contributed by atoms with E-state index >= 15 is 0 Å². The van der Waals surface area contributed by atoms with Crippen molar-refractivity contribution in [3.63, 3.8) is 0 Å². The Hall–Kier alpha value is -2.93. The summed E-state index contributed by atoms with van der Waals surface area (Å²) in [7, 11) is 0. The molecule has 0 spiro atoms. The summed E-state index contributed by atoms with van der Waals surface area (Å²) < 4.78 is 1.58. The van der Waals surface area contributed by atoms with Gasteiger partial charge in [0.1, 0.15) is 0 Å². The van der Waals surface area contributed by atoms with Crippen LogP contribution < -0.4 is 10.9 Å². The van der Waals surface area contributed by atoms with Gasteiger partial charge in [-0.15, -0.1) is 0 Å². The van der Waals surface area contributed by atoms with E-state index in [4.69, 9.17) is 0 Å². The number of carbonyl (C=O) groups is 2. The molecule has 7 heteroatoms. The van der Waals surface area contributed by atoms with Crippen LogP contribution in [0.15, 0.2) is 58.5 Å². The number of Topliss-reactive ketones (excluding diaryl/α,β-unsaturated/α-hetero) is 1. The van der Waals surface area contributed by atoms with Gasteiger partial charge in [-0.2, -0.15) is 0 Å². The molecule has 0 fully saturated rings. The Labute approximate surface area is 167 Å². The Bertz CT molecular complexity index is 1090. The van der Waals surface area contributed by atoms with Crippen molar-refractivity contribution in [1.82, 2.24) is 9.55 Å². The monoisotopic (exact) mass is 395 g/mol. The van der Waals surface area contributed by atoms with Crippen LogP contribution in [-0.4, -0.2) is 26.5 Å². The van der Waals surface area contributed by atoms with Gasteiger partial charge in [-0.25, -0.2) is 4.98 Å². The van der Waals surface area contributed by atoms with E-state index < -0.39 is 5.25 Å². The summed E-state index contributed by atoms with van der Waals surface area (Å²) >= 11 is 1.24. The number of aromatic nitrogens is 2. The van der Waals surface area contributed by atoms with Gasteiger partial charge < -0.3 is 5.32 Å². The molecule has 0 saturated carbocycles. The summed E-state index contributed by atoms with van der Waals surface area (Å²) in [4.78, 5) is 41.2. The van der Waals surface area contributed by atoms with Crippen molar-refractivity contribution >= 4 is 40.0 Å². The van der Waals surface area contributed by atoms with Crippen LogP contribution in [0.2, 0.25) is 0 Å². The smallest absolute Gasteiger partial charge is 0.262 e. The molecule has 3 rings (SSSR count). The minimum Gasteiger partial charge on any atom is -0.325 e. The average molecular weight is 395 g/mol. The summed E-state index contributed by atoms with van der Waals surface area (Å²) in [5, 5.41) is 3.45. The third kappa shape index (κ3) is 4.14. The molecule has 28 heavy (non-hydrogen) atoms. The maximum absolute atomic E-state index is 12.7. The zero-order chi connectivity index (χ0) is 20.3. The van der Waals surface area contributed by atoms with E-state index in [1.165, 1.54) is 18.7 Å². The number of anilines is 1. The van der Waals surface area contributed by atoms with Gasteiger partial charge in [-0.1, -0.05) is 23.9 Å². The molecule has 6 nitrogen and oxygen atoms in total. The number of amides is 1. The van der Waals surface area contributed by atoms with Gasteiger partial charge >= 0.3 is 0 Å². The second-order valence-corrected chi connectivity index (χ2v) is 7.65. The summed E-state index contributed by atoms with van der Waals surface area (Å²) in [5.41, 5.74) is 1.71. The van der Waals surface area contributed by atoms with Gasteiger partial charge in [0.25, 0.3) is 5.56 Å². The Morgan fingerprint density at radius 2 is 1.82 bits per heavy atom. The zero-order valence-corrected chi connectivity index (χ0v) is 16.7. The Morgan fingerprint density at radius 3 is 2.46 bits per heavy atom. The lowest BCUT2D eigenvalue weighted by molar-refractivity contribution is -0.115. The van der Waals surface area contributed by atoms with Crippen LogP contribution in [0.1, 0.15) is 31.1 Å². The maximum atomic E-state index is 12.7. The first-order valence-electron chi connectivity index (χ1n) is 8.98. The molecule has 1 amide bonds. The van der Waals surface area contributed by atoms with E-state index in [0.717, 1.165) is 0 Å². The lowest BCUT2D eigenvalue weighted by atomic mass is 10.1. The van der Waals surface area contributed by atoms with Gasteiger partial charge in [0.2, 0.25) is 5.91 Å². The predicted molar refractivity (Wildman–Crippen MR) is 112 cm³/mol. The Kier molecular flexibility index (Phi) is 5.94. The minimum atomic E-state index is -0.460. The summed E-state index contributed by atoms with van der Waals surface area (Å²) in [6.45, 7) is 5.62. The normalized spacial score (nSPS) is 12.0. The van der Waals surface area contributed by atoms with Gasteiger partial charge in [0.05, 0.1) is 16.2 Å². The number of ketones is 1. The number of carbonyl (C=O) groups excluding carboxylic acids is 2. The highest BCUT2D eigenvalue weighted by atomic mass is 32.2. The first-order valence-corrected chi connectivity index (χ1v) is 9.86. The minimum absolute atomic E-state index is 0.0262. The molecule has 0 aliphatic rings. The number of nitrogens with one attached hydrogen (secondary N) is 1. The molecular formula is C21H21N3O3S. The Morgan fingerprint density at radius 1 is 1.14 bits per heavy atom. The standard InChI is InChI=1S/C21H21N3O3S/c1-4-24-20(27)17-7-5-6-8-18(17)23-21(24)28-14(3)19(26)22-16-11-9-15(10-12-16)13(2)25/h5-12,14H,4H2,1-3H3,(H,22,26)/t14-/m1/s1. The molecule has 0 aliphatic heterocycles. The third-order valence-electron chi connectivity index (χ3n) is 4.35. The van der Waals surface area contributed by atoms with Crippen LogP contribution >= 0.6 is 11.8 Å². The molecule has 3 aromatic rings. The fraction of sp³-hybridized carbons (Fsp3) is 0.238. The van der Waals surface area contributed by atoms with E-state index in [-0.39, 0.29) is 17.2 Å². The average Bonchev–Trinajstić information content (AvgIpc) is 2.68. The highest BCUT2D eigenvalue weighted by molar-refractivity contribution is 8.00. The molecule has 1 atom stereocenters. The Balaban J connectivity index is 1.80. The number of nitrogens with zero attached hydrogens (tertiary/aromatic N) is 2. The highest BCUT2D eigenvalue weighted by Crippen LogP contribution is 2.23. The van der Waals surface area contributed by atoms with Crippen LogP contribution in [-0.2, 0) is 11.3 Å². The van der Waals surface area contributed by atoms with E-state index in [1.54, 1.807) is 47.9 Å². The predicted octanol–water partition coefficient (Wildman–Crippen LogP) is 3.74. The van der Waals surface area contributed by atoms with Gasteiger partial charge in [0.15, 0.2) is 10.9 Å². The molecule has 2 aromatic carbocycles. The molecule has 144 valence electrons. The van der Waals surface area contributed by atoms with Crippen molar-refractivity contribution in [2.75, 3.05) is 5.32 Å². The van der Waals surface area contributed by atoms with Crippen molar-refractivity contribution in [2.24, 2.45) is 0 Å². The van der Waals surface area contributed by atoms with Crippen LogP contribution in [0, 0.1) is 0 Å². The topological polar surface area (TPSA) is 81.1 Å². The van der Waals surface area contributed by atoms with Crippen LogP contribution in [0.4, 0.5) is 5.69 Å². The van der Waals surface area contributed by atoms with Crippen LogP contribution in [0.25, 0.3) is 10.9 Å². The number of rotatable bonds is 6. The molecule has 0 radical (unpaired) electrons. The molecule has 0 bridgehead atoms.